The van der Waals surface area contributed by atoms with Crippen LogP contribution < -0.4 is 10.6 Å². The molecule has 0 aliphatic heterocycles. The Morgan fingerprint density at radius 2 is 1.72 bits per heavy atom. The summed E-state index contributed by atoms with van der Waals surface area (Å²) in [5.74, 6) is -2.65. The van der Waals surface area contributed by atoms with Gasteiger partial charge in [-0.1, -0.05) is 47.5 Å². The number of nitrogens with one attached hydrogen (secondary N) is 2. The summed E-state index contributed by atoms with van der Waals surface area (Å²) in [6, 6.07) is 7.33. The molecule has 1 unspecified atom stereocenters. The molecule has 11 heteroatoms. The van der Waals surface area contributed by atoms with Crippen LogP contribution in [0.5, 0.6) is 0 Å². The highest BCUT2D eigenvalue weighted by Gasteiger charge is 2.45. The van der Waals surface area contributed by atoms with Crippen LogP contribution >= 0.6 is 23.2 Å². The topological polar surface area (TPSA) is 41.1 Å². The first-order chi connectivity index (χ1) is 16.6. The molecule has 196 valence electrons. The van der Waals surface area contributed by atoms with Crippen molar-refractivity contribution in [1.82, 2.24) is 5.32 Å². The highest BCUT2D eigenvalue weighted by atomic mass is 35.5. The van der Waals surface area contributed by atoms with Gasteiger partial charge in [-0.2, -0.15) is 26.3 Å². The van der Waals surface area contributed by atoms with E-state index in [2.05, 4.69) is 5.32 Å². The van der Waals surface area contributed by atoms with Gasteiger partial charge >= 0.3 is 12.4 Å². The van der Waals surface area contributed by atoms with Crippen LogP contribution in [0.15, 0.2) is 36.4 Å². The number of halogens is 8. The van der Waals surface area contributed by atoms with E-state index in [1.54, 1.807) is 32.0 Å². The Balaban J connectivity index is 1.80. The Morgan fingerprint density at radius 1 is 1.06 bits per heavy atom. The lowest BCUT2D eigenvalue weighted by molar-refractivity contribution is -0.142. The summed E-state index contributed by atoms with van der Waals surface area (Å²) in [7, 11) is 0. The van der Waals surface area contributed by atoms with Gasteiger partial charge in [0.2, 0.25) is 5.91 Å². The molecule has 2 N–H and O–H groups in total. The number of carbonyl (C=O) groups excluding carboxylic acids is 1. The van der Waals surface area contributed by atoms with E-state index < -0.39 is 36.3 Å². The molecule has 0 radical (unpaired) electrons. The Bertz CT molecular complexity index is 1130. The Hall–Kier alpha value is -2.39. The number of carbonyl (C=O) groups is 1. The van der Waals surface area contributed by atoms with Crippen molar-refractivity contribution < 1.29 is 31.1 Å². The van der Waals surface area contributed by atoms with Crippen LogP contribution in [0, 0.1) is 13.8 Å². The second kappa shape index (κ2) is 10.5. The molecule has 0 bridgehead atoms. The lowest BCUT2D eigenvalue weighted by Crippen LogP contribution is -2.58. The predicted octanol–water partition coefficient (Wildman–Crippen LogP) is 7.98. The summed E-state index contributed by atoms with van der Waals surface area (Å²) in [4.78, 5) is 12.4. The number of aryl methyl sites for hydroxylation is 2. The first-order valence-corrected chi connectivity index (χ1v) is 11.8. The zero-order valence-corrected chi connectivity index (χ0v) is 20.9. The molecular formula is C25H24Cl2F6N2O. The fourth-order valence-corrected chi connectivity index (χ4v) is 4.41. The number of allylic oxidation sites excluding steroid dienone is 1. The van der Waals surface area contributed by atoms with Crippen LogP contribution in [0.2, 0.25) is 10.0 Å². The zero-order chi connectivity index (χ0) is 26.9. The van der Waals surface area contributed by atoms with E-state index in [-0.39, 0.29) is 15.6 Å². The smallest absolute Gasteiger partial charge is 0.371 e. The molecule has 1 atom stereocenters. The van der Waals surface area contributed by atoms with Crippen molar-refractivity contribution in [3.63, 3.8) is 0 Å². The molecule has 3 rings (SSSR count). The molecule has 3 nitrogen and oxygen atoms in total. The fraction of sp³-hybridized carbons (Fsp3) is 0.400. The van der Waals surface area contributed by atoms with Gasteiger partial charge in [-0.05, 0) is 73.6 Å². The molecule has 0 heterocycles. The van der Waals surface area contributed by atoms with E-state index in [4.69, 9.17) is 23.2 Å². The highest BCUT2D eigenvalue weighted by Crippen LogP contribution is 2.40. The third-order valence-corrected chi connectivity index (χ3v) is 7.04. The third-order valence-electron chi connectivity index (χ3n) is 6.14. The fourth-order valence-electron chi connectivity index (χ4n) is 4.03. The van der Waals surface area contributed by atoms with E-state index in [0.717, 1.165) is 6.08 Å². The van der Waals surface area contributed by atoms with Crippen molar-refractivity contribution in [2.75, 3.05) is 11.9 Å². The quantitative estimate of drug-likeness (QED) is 0.342. The normalized spacial score (nSPS) is 16.5. The Kier molecular flexibility index (Phi) is 8.25. The lowest BCUT2D eigenvalue weighted by atomic mass is 9.75. The average molecular weight is 553 g/mol. The maximum atomic E-state index is 13.8. The maximum absolute atomic E-state index is 13.8. The first-order valence-electron chi connectivity index (χ1n) is 11.1. The number of amides is 1. The Labute approximate surface area is 214 Å². The van der Waals surface area contributed by atoms with Crippen LogP contribution in [0.4, 0.5) is 32.0 Å². The van der Waals surface area contributed by atoms with E-state index in [9.17, 15) is 31.1 Å². The molecule has 1 saturated carbocycles. The molecule has 1 aliphatic rings. The van der Waals surface area contributed by atoms with Crippen LogP contribution in [0.3, 0.4) is 0 Å². The van der Waals surface area contributed by atoms with Gasteiger partial charge in [0, 0.05) is 5.69 Å². The second-order valence-electron chi connectivity index (χ2n) is 8.94. The van der Waals surface area contributed by atoms with Gasteiger partial charge in [-0.15, -0.1) is 0 Å². The van der Waals surface area contributed by atoms with Crippen LogP contribution in [0.25, 0.3) is 6.08 Å². The number of benzene rings is 2. The van der Waals surface area contributed by atoms with E-state index in [1.165, 1.54) is 18.2 Å². The summed E-state index contributed by atoms with van der Waals surface area (Å²) >= 11 is 12.0. The van der Waals surface area contributed by atoms with Gasteiger partial charge in [-0.3, -0.25) is 4.79 Å². The SMILES string of the molecule is Cc1cc(/C=C/C(c2cc(C)c(Cl)c(Cl)c2)C(F)(F)F)ccc1NC1(C(=O)NCC(F)(F)F)CCC1. The van der Waals surface area contributed by atoms with Crippen LogP contribution in [0.1, 0.15) is 47.4 Å². The summed E-state index contributed by atoms with van der Waals surface area (Å²) < 4.78 is 79.0. The molecule has 0 saturated heterocycles. The second-order valence-corrected chi connectivity index (χ2v) is 9.73. The van der Waals surface area contributed by atoms with Gasteiger partial charge in [0.05, 0.1) is 16.0 Å². The van der Waals surface area contributed by atoms with E-state index in [1.807, 2.05) is 5.32 Å². The average Bonchev–Trinajstić information content (AvgIpc) is 2.72. The standard InChI is InChI=1S/C25H24Cl2F6N2O/c1-14-10-16(4-6-18(25(31,32)33)17-11-15(2)21(27)19(26)12-17)5-7-20(14)35-23(8-3-9-23)22(36)34-13-24(28,29)30/h4-7,10-12,18,35H,3,8-9,13H2,1-2H3,(H,34,36)/b6-4+. The minimum absolute atomic E-state index is 0.0322. The zero-order valence-electron chi connectivity index (χ0n) is 19.4. The lowest BCUT2D eigenvalue weighted by Gasteiger charge is -2.42. The molecule has 0 aromatic heterocycles. The van der Waals surface area contributed by atoms with Gasteiger partial charge < -0.3 is 10.6 Å². The van der Waals surface area contributed by atoms with E-state index >= 15 is 0 Å². The minimum Gasteiger partial charge on any atom is -0.371 e. The predicted molar refractivity (Wildman–Crippen MR) is 129 cm³/mol. The third kappa shape index (κ3) is 6.68. The van der Waals surface area contributed by atoms with Crippen molar-refractivity contribution >= 4 is 40.9 Å². The molecule has 0 spiro atoms. The molecule has 2 aromatic carbocycles. The van der Waals surface area contributed by atoms with Crippen molar-refractivity contribution in [3.8, 4) is 0 Å². The molecule has 1 aliphatic carbocycles. The highest BCUT2D eigenvalue weighted by molar-refractivity contribution is 6.42. The number of hydrogen-bond acceptors (Lipinski definition) is 2. The number of alkyl halides is 6. The van der Waals surface area contributed by atoms with Gasteiger partial charge in [-0.25, -0.2) is 0 Å². The number of rotatable bonds is 7. The van der Waals surface area contributed by atoms with Gasteiger partial charge in [0.1, 0.15) is 12.1 Å². The van der Waals surface area contributed by atoms with Crippen LogP contribution in [-0.2, 0) is 4.79 Å². The minimum atomic E-state index is -4.57. The number of anilines is 1. The first kappa shape index (κ1) is 28.2. The molecule has 2 aromatic rings. The van der Waals surface area contributed by atoms with Gasteiger partial charge in [0.25, 0.3) is 0 Å². The molecule has 1 fully saturated rings. The van der Waals surface area contributed by atoms with Crippen LogP contribution in [-0.4, -0.2) is 30.3 Å². The Morgan fingerprint density at radius 3 is 2.22 bits per heavy atom. The summed E-state index contributed by atoms with van der Waals surface area (Å²) in [6.45, 7) is 1.85. The van der Waals surface area contributed by atoms with E-state index in [0.29, 0.717) is 41.6 Å². The van der Waals surface area contributed by atoms with Gasteiger partial charge in [0.15, 0.2) is 0 Å². The molecule has 1 amide bonds. The monoisotopic (exact) mass is 552 g/mol. The largest absolute Gasteiger partial charge is 0.405 e. The van der Waals surface area contributed by atoms with Crippen molar-refractivity contribution in [1.29, 1.82) is 0 Å². The summed E-state index contributed by atoms with van der Waals surface area (Å²) in [5.41, 5.74) is 0.853. The maximum Gasteiger partial charge on any atom is 0.405 e. The van der Waals surface area contributed by atoms with Crippen molar-refractivity contribution in [2.45, 2.75) is 56.9 Å². The summed E-state index contributed by atoms with van der Waals surface area (Å²) in [5, 5.41) is 5.20. The summed E-state index contributed by atoms with van der Waals surface area (Å²) in [6.07, 6.45) is -5.31. The molecular weight excluding hydrogens is 529 g/mol. The molecule has 36 heavy (non-hydrogen) atoms. The van der Waals surface area contributed by atoms with Crippen molar-refractivity contribution in [2.24, 2.45) is 0 Å². The van der Waals surface area contributed by atoms with Crippen molar-refractivity contribution in [3.05, 3.63) is 68.7 Å². The number of hydrogen-bond donors (Lipinski definition) is 2.